The van der Waals surface area contributed by atoms with Gasteiger partial charge in [0.05, 0.1) is 6.61 Å². The Balaban J connectivity index is 1.91. The fourth-order valence-corrected chi connectivity index (χ4v) is 4.01. The molecule has 0 bridgehead atoms. The van der Waals surface area contributed by atoms with Gasteiger partial charge in [-0.05, 0) is 60.2 Å². The van der Waals surface area contributed by atoms with E-state index in [1.807, 2.05) is 19.1 Å². The summed E-state index contributed by atoms with van der Waals surface area (Å²) in [5.74, 6) is -0.347. The number of hydrogen-bond donors (Lipinski definition) is 1. The van der Waals surface area contributed by atoms with Crippen molar-refractivity contribution in [1.82, 2.24) is 0 Å². The predicted molar refractivity (Wildman–Crippen MR) is 133 cm³/mol. The molecule has 0 fully saturated rings. The van der Waals surface area contributed by atoms with Crippen LogP contribution in [0.15, 0.2) is 60.7 Å². The molecule has 0 spiro atoms. The minimum Gasteiger partial charge on any atom is -0.482 e. The molecular formula is C28H33NO4. The number of rotatable bonds is 11. The van der Waals surface area contributed by atoms with Crippen LogP contribution < -0.4 is 9.64 Å². The first kappa shape index (κ1) is 24.3. The van der Waals surface area contributed by atoms with Gasteiger partial charge in [-0.2, -0.15) is 0 Å². The maximum Gasteiger partial charge on any atom is 0.341 e. The zero-order chi connectivity index (χ0) is 23.8. The van der Waals surface area contributed by atoms with Crippen LogP contribution in [-0.4, -0.2) is 37.9 Å². The molecular weight excluding hydrogens is 414 g/mol. The fourth-order valence-electron chi connectivity index (χ4n) is 4.01. The molecule has 0 aliphatic heterocycles. The molecule has 0 radical (unpaired) electrons. The fraction of sp³-hybridized carbons (Fsp3) is 0.321. The average Bonchev–Trinajstić information content (AvgIpc) is 2.81. The monoisotopic (exact) mass is 447 g/mol. The highest BCUT2D eigenvalue weighted by Crippen LogP contribution is 2.32. The van der Waals surface area contributed by atoms with E-state index in [1.54, 1.807) is 7.11 Å². The van der Waals surface area contributed by atoms with Gasteiger partial charge in [0.1, 0.15) is 5.75 Å². The van der Waals surface area contributed by atoms with Crippen molar-refractivity contribution < 1.29 is 19.4 Å². The van der Waals surface area contributed by atoms with Gasteiger partial charge in [0.15, 0.2) is 6.61 Å². The normalized spacial score (nSPS) is 10.8. The number of benzene rings is 3. The predicted octanol–water partition coefficient (Wildman–Crippen LogP) is 5.65. The van der Waals surface area contributed by atoms with Crippen LogP contribution in [0.5, 0.6) is 5.75 Å². The van der Waals surface area contributed by atoms with Crippen molar-refractivity contribution >= 4 is 11.7 Å². The molecule has 0 aromatic heterocycles. The Kier molecular flexibility index (Phi) is 8.50. The second-order valence-electron chi connectivity index (χ2n) is 8.21. The number of nitrogens with zero attached hydrogens (tertiary/aromatic N) is 1. The molecule has 33 heavy (non-hydrogen) atoms. The minimum absolute atomic E-state index is 0.336. The lowest BCUT2D eigenvalue weighted by Crippen LogP contribution is -2.27. The van der Waals surface area contributed by atoms with Gasteiger partial charge in [0.25, 0.3) is 0 Å². The van der Waals surface area contributed by atoms with Gasteiger partial charge in [-0.3, -0.25) is 0 Å². The Labute approximate surface area is 196 Å². The van der Waals surface area contributed by atoms with E-state index < -0.39 is 5.97 Å². The topological polar surface area (TPSA) is 59.0 Å². The first-order chi connectivity index (χ1) is 15.9. The maximum atomic E-state index is 10.9. The molecule has 174 valence electrons. The number of methoxy groups -OCH3 is 1. The van der Waals surface area contributed by atoms with E-state index in [0.717, 1.165) is 24.1 Å². The highest BCUT2D eigenvalue weighted by Gasteiger charge is 2.15. The Morgan fingerprint density at radius 1 is 1.03 bits per heavy atom. The van der Waals surface area contributed by atoms with Crippen LogP contribution in [0, 0.1) is 13.8 Å². The third-order valence-electron chi connectivity index (χ3n) is 5.80. The summed E-state index contributed by atoms with van der Waals surface area (Å²) in [5, 5.41) is 8.92. The van der Waals surface area contributed by atoms with Gasteiger partial charge in [0.2, 0.25) is 0 Å². The Morgan fingerprint density at radius 3 is 2.45 bits per heavy atom. The van der Waals surface area contributed by atoms with Gasteiger partial charge in [0, 0.05) is 25.9 Å². The summed E-state index contributed by atoms with van der Waals surface area (Å²) in [6.07, 6.45) is 0.767. The highest BCUT2D eigenvalue weighted by atomic mass is 16.5. The van der Waals surface area contributed by atoms with E-state index in [0.29, 0.717) is 18.9 Å². The van der Waals surface area contributed by atoms with E-state index in [1.165, 1.54) is 27.9 Å². The number of carbonyl (C=O) groups is 1. The van der Waals surface area contributed by atoms with Crippen molar-refractivity contribution in [3.63, 3.8) is 0 Å². The van der Waals surface area contributed by atoms with Crippen molar-refractivity contribution in [2.24, 2.45) is 0 Å². The molecule has 0 aliphatic carbocycles. The second kappa shape index (κ2) is 11.5. The standard InChI is InChI=1S/C28H33NO4/c1-5-23-17-22(11-14-27(23)33-19-28(30)31)18-29(15-16-32-4)26-8-6-7-25(21(26)3)24-12-9-20(2)10-13-24/h6-14,17H,5,15-16,18-19H2,1-4H3,(H,30,31). The molecule has 1 N–H and O–H groups in total. The van der Waals surface area contributed by atoms with E-state index in [4.69, 9.17) is 14.6 Å². The smallest absolute Gasteiger partial charge is 0.341 e. The van der Waals surface area contributed by atoms with E-state index in [2.05, 4.69) is 67.3 Å². The summed E-state index contributed by atoms with van der Waals surface area (Å²) in [7, 11) is 1.72. The van der Waals surface area contributed by atoms with Gasteiger partial charge >= 0.3 is 5.97 Å². The maximum absolute atomic E-state index is 10.9. The highest BCUT2D eigenvalue weighted by molar-refractivity contribution is 5.74. The van der Waals surface area contributed by atoms with Crippen LogP contribution in [0.25, 0.3) is 11.1 Å². The minimum atomic E-state index is -0.976. The molecule has 0 amide bonds. The Morgan fingerprint density at radius 2 is 1.79 bits per heavy atom. The molecule has 0 aliphatic rings. The van der Waals surface area contributed by atoms with Crippen molar-refractivity contribution in [2.45, 2.75) is 33.7 Å². The van der Waals surface area contributed by atoms with E-state index in [-0.39, 0.29) is 6.61 Å². The number of carboxylic acids is 1. The molecule has 3 aromatic rings. The van der Waals surface area contributed by atoms with Gasteiger partial charge < -0.3 is 19.5 Å². The molecule has 0 atom stereocenters. The van der Waals surface area contributed by atoms with Crippen LogP contribution >= 0.6 is 0 Å². The molecule has 5 nitrogen and oxygen atoms in total. The third-order valence-corrected chi connectivity index (χ3v) is 5.80. The quantitative estimate of drug-likeness (QED) is 0.412. The zero-order valence-electron chi connectivity index (χ0n) is 19.9. The van der Waals surface area contributed by atoms with E-state index >= 15 is 0 Å². The molecule has 0 heterocycles. The van der Waals surface area contributed by atoms with Crippen LogP contribution in [-0.2, 0) is 22.5 Å². The Hall–Kier alpha value is -3.31. The molecule has 0 unspecified atom stereocenters. The van der Waals surface area contributed by atoms with Crippen molar-refractivity contribution in [3.8, 4) is 16.9 Å². The molecule has 0 saturated heterocycles. The summed E-state index contributed by atoms with van der Waals surface area (Å²) < 4.78 is 10.9. The van der Waals surface area contributed by atoms with Crippen LogP contribution in [0.4, 0.5) is 5.69 Å². The van der Waals surface area contributed by atoms with Crippen molar-refractivity contribution in [1.29, 1.82) is 0 Å². The number of hydrogen-bond acceptors (Lipinski definition) is 4. The van der Waals surface area contributed by atoms with Crippen molar-refractivity contribution in [3.05, 3.63) is 82.9 Å². The van der Waals surface area contributed by atoms with Crippen LogP contribution in [0.1, 0.15) is 29.2 Å². The van der Waals surface area contributed by atoms with Crippen LogP contribution in [0.3, 0.4) is 0 Å². The molecule has 3 aromatic carbocycles. The number of anilines is 1. The van der Waals surface area contributed by atoms with E-state index in [9.17, 15) is 4.79 Å². The molecule has 3 rings (SSSR count). The largest absolute Gasteiger partial charge is 0.482 e. The molecule has 0 saturated carbocycles. The number of carboxylic acid groups (broad SMARTS) is 1. The van der Waals surface area contributed by atoms with Gasteiger partial charge in [-0.15, -0.1) is 0 Å². The lowest BCUT2D eigenvalue weighted by Gasteiger charge is -2.28. The van der Waals surface area contributed by atoms with Crippen molar-refractivity contribution in [2.75, 3.05) is 31.8 Å². The third kappa shape index (κ3) is 6.36. The lowest BCUT2D eigenvalue weighted by atomic mass is 9.97. The lowest BCUT2D eigenvalue weighted by molar-refractivity contribution is -0.139. The first-order valence-electron chi connectivity index (χ1n) is 11.3. The summed E-state index contributed by atoms with van der Waals surface area (Å²) in [5.41, 5.74) is 8.23. The molecule has 5 heteroatoms. The summed E-state index contributed by atoms with van der Waals surface area (Å²) in [6, 6.07) is 21.1. The average molecular weight is 448 g/mol. The van der Waals surface area contributed by atoms with Crippen LogP contribution in [0.2, 0.25) is 0 Å². The number of aryl methyl sites for hydroxylation is 2. The first-order valence-corrected chi connectivity index (χ1v) is 11.3. The zero-order valence-corrected chi connectivity index (χ0v) is 19.9. The SMILES string of the molecule is CCc1cc(CN(CCOC)c2cccc(-c3ccc(C)cc3)c2C)ccc1OCC(=O)O. The number of aliphatic carboxylic acids is 1. The summed E-state index contributed by atoms with van der Waals surface area (Å²) >= 11 is 0. The number of ether oxygens (including phenoxy) is 2. The van der Waals surface area contributed by atoms with Gasteiger partial charge in [-0.1, -0.05) is 61.0 Å². The second-order valence-corrected chi connectivity index (χ2v) is 8.21. The Bertz CT molecular complexity index is 1080. The summed E-state index contributed by atoms with van der Waals surface area (Å²) in [6.45, 7) is 8.07. The summed E-state index contributed by atoms with van der Waals surface area (Å²) in [4.78, 5) is 13.2. The van der Waals surface area contributed by atoms with Gasteiger partial charge in [-0.25, -0.2) is 4.79 Å².